The van der Waals surface area contributed by atoms with Crippen molar-refractivity contribution >= 4 is 18.3 Å². The minimum atomic E-state index is -0.559. The first kappa shape index (κ1) is 13.2. The fraction of sp³-hybridized carbons (Fsp3) is 0.143. The molecule has 0 fully saturated rings. The highest BCUT2D eigenvalue weighted by molar-refractivity contribution is 7.81. The van der Waals surface area contributed by atoms with Crippen LogP contribution in [-0.2, 0) is 0 Å². The molecule has 0 aromatic heterocycles. The fourth-order valence-corrected chi connectivity index (χ4v) is 2.35. The maximum atomic E-state index is 12.9. The molecule has 0 saturated carbocycles. The van der Waals surface area contributed by atoms with Gasteiger partial charge in [-0.15, -0.1) is 0 Å². The minimum Gasteiger partial charge on any atom is -0.357 e. The molecular formula is C14H10FN3S. The van der Waals surface area contributed by atoms with E-state index in [9.17, 15) is 9.65 Å². The summed E-state index contributed by atoms with van der Waals surface area (Å²) < 4.78 is 12.9. The molecule has 0 aliphatic carbocycles. The van der Waals surface area contributed by atoms with Gasteiger partial charge in [-0.1, -0.05) is 0 Å². The number of rotatable bonds is 1. The van der Waals surface area contributed by atoms with Gasteiger partial charge < -0.3 is 5.32 Å². The molecule has 1 N–H and O–H groups in total. The lowest BCUT2D eigenvalue weighted by molar-refractivity contribution is 0.627. The highest BCUT2D eigenvalue weighted by Crippen LogP contribution is 2.31. The van der Waals surface area contributed by atoms with Crippen molar-refractivity contribution < 1.29 is 4.39 Å². The van der Waals surface area contributed by atoms with Crippen LogP contribution in [0.3, 0.4) is 0 Å². The smallest absolute Gasteiger partial charge is 0.123 e. The van der Waals surface area contributed by atoms with E-state index in [2.05, 4.69) is 24.0 Å². The van der Waals surface area contributed by atoms with Crippen molar-refractivity contribution in [3.8, 4) is 12.1 Å². The van der Waals surface area contributed by atoms with Gasteiger partial charge in [0.1, 0.15) is 5.82 Å². The van der Waals surface area contributed by atoms with Crippen molar-refractivity contribution in [1.29, 1.82) is 10.5 Å². The Hall–Kier alpha value is -2.24. The molecule has 94 valence electrons. The van der Waals surface area contributed by atoms with Crippen molar-refractivity contribution in [2.75, 3.05) is 0 Å². The largest absolute Gasteiger partial charge is 0.357 e. The summed E-state index contributed by atoms with van der Waals surface area (Å²) >= 11 is 4.33. The Morgan fingerprint density at radius 3 is 2.26 bits per heavy atom. The predicted molar refractivity (Wildman–Crippen MR) is 73.2 cm³/mol. The van der Waals surface area contributed by atoms with Crippen LogP contribution in [0.5, 0.6) is 0 Å². The second-order valence-electron chi connectivity index (χ2n) is 4.09. The van der Waals surface area contributed by atoms with E-state index in [4.69, 9.17) is 5.26 Å². The minimum absolute atomic E-state index is 0.342. The van der Waals surface area contributed by atoms with Crippen molar-refractivity contribution in [2.45, 2.75) is 12.2 Å². The topological polar surface area (TPSA) is 59.6 Å². The Labute approximate surface area is 116 Å². The van der Waals surface area contributed by atoms with Crippen LogP contribution in [-0.4, -0.2) is 5.25 Å². The van der Waals surface area contributed by atoms with E-state index < -0.39 is 5.25 Å². The molecule has 0 amide bonds. The second kappa shape index (κ2) is 5.17. The lowest BCUT2D eigenvalue weighted by Crippen LogP contribution is -2.25. The zero-order valence-corrected chi connectivity index (χ0v) is 11.0. The third kappa shape index (κ3) is 2.33. The van der Waals surface area contributed by atoms with Crippen LogP contribution in [0.2, 0.25) is 0 Å². The first-order valence-corrected chi connectivity index (χ1v) is 6.06. The normalized spacial score (nSPS) is 18.7. The van der Waals surface area contributed by atoms with Gasteiger partial charge in [-0.05, 0) is 36.8 Å². The molecule has 5 heteroatoms. The Bertz CT molecular complexity index is 659. The molecule has 0 radical (unpaired) electrons. The van der Waals surface area contributed by atoms with E-state index in [0.717, 1.165) is 0 Å². The Morgan fingerprint density at radius 1 is 1.16 bits per heavy atom. The lowest BCUT2D eigenvalue weighted by atomic mass is 9.95. The number of dihydropyridines is 1. The monoisotopic (exact) mass is 271 g/mol. The maximum Gasteiger partial charge on any atom is 0.123 e. The highest BCUT2D eigenvalue weighted by Gasteiger charge is 2.27. The number of nitrogens with zero attached hydrogens (tertiary/aromatic N) is 2. The van der Waals surface area contributed by atoms with Gasteiger partial charge in [0, 0.05) is 5.70 Å². The van der Waals surface area contributed by atoms with Crippen LogP contribution in [0.4, 0.5) is 4.39 Å². The van der Waals surface area contributed by atoms with Crippen molar-refractivity contribution in [3.05, 3.63) is 52.5 Å². The molecule has 0 bridgehead atoms. The molecule has 0 saturated heterocycles. The summed E-state index contributed by atoms with van der Waals surface area (Å²) in [5, 5.41) is 20.8. The number of hydrogen-bond donors (Lipinski definition) is 2. The molecule has 1 aliphatic heterocycles. The van der Waals surface area contributed by atoms with E-state index in [1.165, 1.54) is 12.1 Å². The molecule has 3 nitrogen and oxygen atoms in total. The zero-order chi connectivity index (χ0) is 14.0. The third-order valence-corrected chi connectivity index (χ3v) is 3.42. The molecule has 1 heterocycles. The molecule has 0 spiro atoms. The molecule has 1 unspecified atom stereocenters. The van der Waals surface area contributed by atoms with E-state index in [0.29, 0.717) is 28.1 Å². The number of nitrogens with one attached hydrogen (secondary N) is 1. The number of hydrogen-bond acceptors (Lipinski definition) is 4. The third-order valence-electron chi connectivity index (χ3n) is 2.91. The van der Waals surface area contributed by atoms with Gasteiger partial charge in [0.15, 0.2) is 0 Å². The van der Waals surface area contributed by atoms with E-state index in [1.54, 1.807) is 19.1 Å². The van der Waals surface area contributed by atoms with Gasteiger partial charge in [0.05, 0.1) is 34.2 Å². The zero-order valence-electron chi connectivity index (χ0n) is 10.1. The van der Waals surface area contributed by atoms with Crippen molar-refractivity contribution in [1.82, 2.24) is 5.32 Å². The van der Waals surface area contributed by atoms with Gasteiger partial charge in [-0.3, -0.25) is 0 Å². The molecule has 2 rings (SSSR count). The molecule has 1 aromatic rings. The average molecular weight is 271 g/mol. The molecule has 1 atom stereocenters. The number of halogens is 1. The van der Waals surface area contributed by atoms with Crippen LogP contribution in [0.25, 0.3) is 5.70 Å². The SMILES string of the molecule is CC1=C(C#N)C(S)C(C#N)=C(c2ccc(F)cc2)N1. The van der Waals surface area contributed by atoms with Gasteiger partial charge in [-0.25, -0.2) is 4.39 Å². The van der Waals surface area contributed by atoms with Gasteiger partial charge in [0.25, 0.3) is 0 Å². The standard InChI is InChI=1S/C14H10FN3S/c1-8-11(6-16)14(19)12(7-17)13(18-8)9-2-4-10(15)5-3-9/h2-5,14,18-19H,1H3. The summed E-state index contributed by atoms with van der Waals surface area (Å²) in [7, 11) is 0. The predicted octanol–water partition coefficient (Wildman–Crippen LogP) is 2.76. The van der Waals surface area contributed by atoms with Crippen LogP contribution in [0, 0.1) is 28.5 Å². The Kier molecular flexibility index (Phi) is 3.59. The number of benzene rings is 1. The van der Waals surface area contributed by atoms with E-state index in [1.807, 2.05) is 6.07 Å². The Morgan fingerprint density at radius 2 is 1.74 bits per heavy atom. The summed E-state index contributed by atoms with van der Waals surface area (Å²) in [6, 6.07) is 9.92. The quantitative estimate of drug-likeness (QED) is 0.772. The van der Waals surface area contributed by atoms with Gasteiger partial charge in [-0.2, -0.15) is 23.2 Å². The van der Waals surface area contributed by atoms with Crippen molar-refractivity contribution in [2.24, 2.45) is 0 Å². The van der Waals surface area contributed by atoms with Crippen LogP contribution < -0.4 is 5.32 Å². The van der Waals surface area contributed by atoms with Gasteiger partial charge >= 0.3 is 0 Å². The summed E-state index contributed by atoms with van der Waals surface area (Å²) in [6.45, 7) is 1.75. The molecule has 19 heavy (non-hydrogen) atoms. The summed E-state index contributed by atoms with van der Waals surface area (Å²) in [5.41, 5.74) is 2.69. The average Bonchev–Trinajstić information content (AvgIpc) is 2.39. The molecular weight excluding hydrogens is 261 g/mol. The summed E-state index contributed by atoms with van der Waals surface area (Å²) in [5.74, 6) is -0.342. The van der Waals surface area contributed by atoms with Crippen LogP contribution in [0.1, 0.15) is 12.5 Å². The maximum absolute atomic E-state index is 12.9. The number of thiol groups is 1. The lowest BCUT2D eigenvalue weighted by Gasteiger charge is -2.24. The summed E-state index contributed by atoms with van der Waals surface area (Å²) in [6.07, 6.45) is 0. The first-order chi connectivity index (χ1) is 9.08. The molecule has 1 aliphatic rings. The fourth-order valence-electron chi connectivity index (χ4n) is 1.91. The number of allylic oxidation sites excluding steroid dienone is 1. The van der Waals surface area contributed by atoms with Crippen LogP contribution >= 0.6 is 12.6 Å². The Balaban J connectivity index is 2.54. The highest BCUT2D eigenvalue weighted by atomic mass is 32.1. The number of nitriles is 2. The summed E-state index contributed by atoms with van der Waals surface area (Å²) in [4.78, 5) is 0. The first-order valence-electron chi connectivity index (χ1n) is 5.54. The molecule has 1 aromatic carbocycles. The van der Waals surface area contributed by atoms with E-state index in [-0.39, 0.29) is 5.82 Å². The second-order valence-corrected chi connectivity index (χ2v) is 4.60. The van der Waals surface area contributed by atoms with E-state index >= 15 is 0 Å². The van der Waals surface area contributed by atoms with Gasteiger partial charge in [0.2, 0.25) is 0 Å². The van der Waals surface area contributed by atoms with Crippen molar-refractivity contribution in [3.63, 3.8) is 0 Å². The van der Waals surface area contributed by atoms with Crippen LogP contribution in [0.15, 0.2) is 41.1 Å².